The van der Waals surface area contributed by atoms with E-state index in [4.69, 9.17) is 4.74 Å². The first-order chi connectivity index (χ1) is 17.8. The van der Waals surface area contributed by atoms with Crippen molar-refractivity contribution in [3.8, 4) is 5.75 Å². The number of hydrogen-bond acceptors (Lipinski definition) is 2. The molecule has 0 atom stereocenters. The van der Waals surface area contributed by atoms with Gasteiger partial charge in [-0.05, 0) is 83.9 Å². The lowest BCUT2D eigenvalue weighted by Crippen LogP contribution is -2.17. The molecule has 194 valence electrons. The molecule has 4 aromatic carbocycles. The minimum Gasteiger partial charge on any atom is -0.406 e. The fraction of sp³-hybridized carbons (Fsp3) is 0.290. The van der Waals surface area contributed by atoms with Gasteiger partial charge in [-0.1, -0.05) is 66.7 Å². The topological polar surface area (TPSA) is 18.5 Å². The molecule has 37 heavy (non-hydrogen) atoms. The molecule has 2 nitrogen and oxygen atoms in total. The lowest BCUT2D eigenvalue weighted by molar-refractivity contribution is -0.274. The van der Waals surface area contributed by atoms with Gasteiger partial charge >= 0.3 is 6.36 Å². The van der Waals surface area contributed by atoms with E-state index < -0.39 is 6.36 Å². The summed E-state index contributed by atoms with van der Waals surface area (Å²) in [5, 5.41) is 1.44. The SMILES string of the molecule is COCCCc1ccc(CCc2ccc3c(F)c(CCc4ccc(OC(F)(F)F)cc4)ccc3c2)cc1. The molecule has 0 spiro atoms. The van der Waals surface area contributed by atoms with Gasteiger partial charge in [0.1, 0.15) is 11.6 Å². The monoisotopic (exact) mass is 510 g/mol. The number of rotatable bonds is 11. The number of halogens is 4. The van der Waals surface area contributed by atoms with Crippen molar-refractivity contribution in [2.24, 2.45) is 0 Å². The third kappa shape index (κ3) is 7.80. The van der Waals surface area contributed by atoms with Crippen LogP contribution in [0.2, 0.25) is 0 Å². The van der Waals surface area contributed by atoms with Crippen LogP contribution in [0.3, 0.4) is 0 Å². The second-order valence-corrected chi connectivity index (χ2v) is 9.20. The maximum absolute atomic E-state index is 15.2. The lowest BCUT2D eigenvalue weighted by Gasteiger charge is -2.11. The van der Waals surface area contributed by atoms with Gasteiger partial charge in [-0.15, -0.1) is 13.2 Å². The quantitative estimate of drug-likeness (QED) is 0.150. The van der Waals surface area contributed by atoms with Crippen molar-refractivity contribution in [3.63, 3.8) is 0 Å². The summed E-state index contributed by atoms with van der Waals surface area (Å²) in [6.07, 6.45) is 0.0516. The highest BCUT2D eigenvalue weighted by molar-refractivity contribution is 5.84. The van der Waals surface area contributed by atoms with Gasteiger partial charge in [-0.25, -0.2) is 4.39 Å². The molecule has 0 aliphatic rings. The van der Waals surface area contributed by atoms with Gasteiger partial charge in [0.2, 0.25) is 0 Å². The van der Waals surface area contributed by atoms with Crippen LogP contribution in [0, 0.1) is 5.82 Å². The van der Waals surface area contributed by atoms with Crippen molar-refractivity contribution in [3.05, 3.63) is 112 Å². The van der Waals surface area contributed by atoms with Gasteiger partial charge in [-0.2, -0.15) is 0 Å². The highest BCUT2D eigenvalue weighted by Crippen LogP contribution is 2.26. The smallest absolute Gasteiger partial charge is 0.406 e. The van der Waals surface area contributed by atoms with Gasteiger partial charge < -0.3 is 9.47 Å². The van der Waals surface area contributed by atoms with Crippen molar-refractivity contribution in [2.75, 3.05) is 13.7 Å². The second-order valence-electron chi connectivity index (χ2n) is 9.20. The average molecular weight is 511 g/mol. The molecule has 0 heterocycles. The Kier molecular flexibility index (Phi) is 8.82. The maximum atomic E-state index is 15.2. The summed E-state index contributed by atoms with van der Waals surface area (Å²) in [6, 6.07) is 24.0. The van der Waals surface area contributed by atoms with Gasteiger partial charge in [0, 0.05) is 19.1 Å². The number of methoxy groups -OCH3 is 1. The molecular formula is C31H30F4O2. The number of hydrogen-bond donors (Lipinski definition) is 0. The summed E-state index contributed by atoms with van der Waals surface area (Å²) >= 11 is 0. The van der Waals surface area contributed by atoms with Crippen LogP contribution in [-0.4, -0.2) is 20.1 Å². The van der Waals surface area contributed by atoms with Gasteiger partial charge in [0.05, 0.1) is 0 Å². The van der Waals surface area contributed by atoms with Crippen LogP contribution < -0.4 is 4.74 Å². The zero-order chi connectivity index (χ0) is 26.3. The van der Waals surface area contributed by atoms with E-state index in [2.05, 4.69) is 29.0 Å². The van der Waals surface area contributed by atoms with E-state index in [-0.39, 0.29) is 11.6 Å². The molecule has 0 amide bonds. The standard InChI is InChI=1S/C31H30F4O2/c1-36-20-2-3-22-4-6-23(7-5-22)8-9-25-13-19-29-27(21-25)16-15-26(30(29)32)14-10-24-11-17-28(18-12-24)37-31(33,34)35/h4-7,11-13,15-19,21H,2-3,8-10,14,20H2,1H3. The Bertz CT molecular complexity index is 1300. The van der Waals surface area contributed by atoms with Crippen molar-refractivity contribution < 1.29 is 27.0 Å². The predicted octanol–water partition coefficient (Wildman–Crippen LogP) is 8.03. The van der Waals surface area contributed by atoms with E-state index >= 15 is 4.39 Å². The van der Waals surface area contributed by atoms with E-state index in [1.54, 1.807) is 25.3 Å². The van der Waals surface area contributed by atoms with Crippen LogP contribution in [0.25, 0.3) is 10.8 Å². The number of fused-ring (bicyclic) bond motifs is 1. The average Bonchev–Trinajstić information content (AvgIpc) is 2.88. The Hall–Kier alpha value is -3.38. The van der Waals surface area contributed by atoms with Crippen molar-refractivity contribution in [1.82, 2.24) is 0 Å². The number of alkyl halides is 3. The van der Waals surface area contributed by atoms with Crippen molar-refractivity contribution in [2.45, 2.75) is 44.9 Å². The largest absolute Gasteiger partial charge is 0.573 e. The Morgan fingerprint density at radius 2 is 1.22 bits per heavy atom. The van der Waals surface area contributed by atoms with Crippen molar-refractivity contribution in [1.29, 1.82) is 0 Å². The van der Waals surface area contributed by atoms with Crippen molar-refractivity contribution >= 4 is 10.8 Å². The summed E-state index contributed by atoms with van der Waals surface area (Å²) in [5.74, 6) is -0.510. The summed E-state index contributed by atoms with van der Waals surface area (Å²) in [6.45, 7) is 0.768. The summed E-state index contributed by atoms with van der Waals surface area (Å²) in [4.78, 5) is 0. The number of aryl methyl sites for hydroxylation is 5. The Morgan fingerprint density at radius 1 is 0.649 bits per heavy atom. The van der Waals surface area contributed by atoms with E-state index in [1.165, 1.54) is 23.3 Å². The second kappa shape index (κ2) is 12.2. The summed E-state index contributed by atoms with van der Waals surface area (Å²) < 4.78 is 61.2. The molecule has 0 aliphatic carbocycles. The molecule has 4 rings (SSSR count). The maximum Gasteiger partial charge on any atom is 0.573 e. The molecule has 0 N–H and O–H groups in total. The fourth-order valence-electron chi connectivity index (χ4n) is 4.45. The number of ether oxygens (including phenoxy) is 2. The Labute approximate surface area is 214 Å². The fourth-order valence-corrected chi connectivity index (χ4v) is 4.45. The van der Waals surface area contributed by atoms with Crippen LogP contribution in [0.4, 0.5) is 17.6 Å². The molecule has 6 heteroatoms. The highest BCUT2D eigenvalue weighted by Gasteiger charge is 2.30. The molecule has 0 bridgehead atoms. The Balaban J connectivity index is 1.35. The molecule has 0 unspecified atom stereocenters. The van der Waals surface area contributed by atoms with E-state index in [0.29, 0.717) is 23.8 Å². The molecule has 0 aliphatic heterocycles. The van der Waals surface area contributed by atoms with Crippen LogP contribution in [0.1, 0.15) is 34.2 Å². The van der Waals surface area contributed by atoms with E-state index in [9.17, 15) is 13.2 Å². The normalized spacial score (nSPS) is 11.7. The summed E-state index contributed by atoms with van der Waals surface area (Å²) in [5.41, 5.74) is 5.14. The molecule has 0 aromatic heterocycles. The van der Waals surface area contributed by atoms with Crippen LogP contribution in [-0.2, 0) is 36.8 Å². The van der Waals surface area contributed by atoms with Gasteiger partial charge in [-0.3, -0.25) is 0 Å². The molecule has 0 saturated carbocycles. The van der Waals surface area contributed by atoms with E-state index in [0.717, 1.165) is 48.8 Å². The highest BCUT2D eigenvalue weighted by atomic mass is 19.4. The molecular weight excluding hydrogens is 480 g/mol. The first kappa shape index (κ1) is 26.7. The predicted molar refractivity (Wildman–Crippen MR) is 138 cm³/mol. The third-order valence-electron chi connectivity index (χ3n) is 6.48. The summed E-state index contributed by atoms with van der Waals surface area (Å²) in [7, 11) is 1.72. The molecule has 0 saturated heterocycles. The number of benzene rings is 4. The van der Waals surface area contributed by atoms with E-state index in [1.807, 2.05) is 24.3 Å². The third-order valence-corrected chi connectivity index (χ3v) is 6.48. The first-order valence-corrected chi connectivity index (χ1v) is 12.4. The molecule has 0 fully saturated rings. The Morgan fingerprint density at radius 3 is 1.86 bits per heavy atom. The lowest BCUT2D eigenvalue weighted by atomic mass is 9.97. The van der Waals surface area contributed by atoms with Crippen LogP contribution in [0.5, 0.6) is 5.75 Å². The molecule has 0 radical (unpaired) electrons. The van der Waals surface area contributed by atoms with Crippen LogP contribution in [0.15, 0.2) is 78.9 Å². The minimum atomic E-state index is -4.72. The zero-order valence-corrected chi connectivity index (χ0v) is 20.8. The van der Waals surface area contributed by atoms with Crippen LogP contribution >= 0.6 is 0 Å². The first-order valence-electron chi connectivity index (χ1n) is 12.4. The molecule has 4 aromatic rings. The minimum absolute atomic E-state index is 0.245. The van der Waals surface area contributed by atoms with Gasteiger partial charge in [0.15, 0.2) is 0 Å². The van der Waals surface area contributed by atoms with Gasteiger partial charge in [0.25, 0.3) is 0 Å². The zero-order valence-electron chi connectivity index (χ0n) is 20.8.